The van der Waals surface area contributed by atoms with Crippen molar-refractivity contribution in [2.24, 2.45) is 0 Å². The highest BCUT2D eigenvalue weighted by Gasteiger charge is 2.36. The Labute approximate surface area is 194 Å². The molecule has 0 aliphatic carbocycles. The van der Waals surface area contributed by atoms with Crippen LogP contribution in [0.5, 0.6) is 0 Å². The molecule has 178 valence electrons. The lowest BCUT2D eigenvalue weighted by molar-refractivity contribution is -0.143. The number of halogens is 3. The van der Waals surface area contributed by atoms with Gasteiger partial charge in [0.05, 0.1) is 23.1 Å². The largest absolute Gasteiger partial charge is 0.480 e. The number of alkyl halides is 3. The Hall–Kier alpha value is -4.81. The topological polar surface area (TPSA) is 132 Å². The Bertz CT molecular complexity index is 1450. The van der Waals surface area contributed by atoms with Crippen molar-refractivity contribution in [1.82, 2.24) is 24.3 Å². The van der Waals surface area contributed by atoms with Crippen molar-refractivity contribution in [3.05, 3.63) is 88.9 Å². The summed E-state index contributed by atoms with van der Waals surface area (Å²) in [6.07, 6.45) is 0.376. The van der Waals surface area contributed by atoms with Crippen LogP contribution in [-0.4, -0.2) is 41.3 Å². The first kappa shape index (κ1) is 23.4. The molecule has 0 aromatic carbocycles. The molecule has 0 aliphatic rings. The molecule has 0 unspecified atom stereocenters. The van der Waals surface area contributed by atoms with E-state index in [-0.39, 0.29) is 22.8 Å². The first-order chi connectivity index (χ1) is 16.6. The number of carbonyl (C=O) groups is 2. The molecular formula is C22H15F3N6O4. The molecule has 0 fully saturated rings. The van der Waals surface area contributed by atoms with E-state index in [0.29, 0.717) is 10.2 Å². The molecule has 0 saturated carbocycles. The molecule has 0 radical (unpaired) electrons. The second-order valence-corrected chi connectivity index (χ2v) is 7.20. The van der Waals surface area contributed by atoms with Crippen molar-refractivity contribution in [3.8, 4) is 16.9 Å². The number of carboxylic acids is 1. The highest BCUT2D eigenvalue weighted by Crippen LogP contribution is 2.33. The molecule has 4 aromatic rings. The number of anilines is 1. The van der Waals surface area contributed by atoms with Gasteiger partial charge >= 0.3 is 12.1 Å². The zero-order valence-electron chi connectivity index (χ0n) is 17.6. The molecule has 4 heterocycles. The summed E-state index contributed by atoms with van der Waals surface area (Å²) in [6.45, 7) is -0.626. The van der Waals surface area contributed by atoms with Gasteiger partial charge in [0, 0.05) is 30.2 Å². The molecule has 0 saturated heterocycles. The van der Waals surface area contributed by atoms with Gasteiger partial charge in [0.15, 0.2) is 0 Å². The fourth-order valence-corrected chi connectivity index (χ4v) is 3.14. The molecule has 4 rings (SSSR count). The van der Waals surface area contributed by atoms with Gasteiger partial charge in [0.2, 0.25) is 0 Å². The number of hydrogen-bond acceptors (Lipinski definition) is 6. The van der Waals surface area contributed by atoms with Crippen molar-refractivity contribution in [2.75, 3.05) is 5.32 Å². The van der Waals surface area contributed by atoms with Gasteiger partial charge in [-0.1, -0.05) is 0 Å². The smallest absolute Gasteiger partial charge is 0.433 e. The number of carbonyl (C=O) groups excluding carboxylic acids is 1. The Kier molecular flexibility index (Phi) is 6.14. The van der Waals surface area contributed by atoms with Crippen LogP contribution in [0.1, 0.15) is 16.1 Å². The summed E-state index contributed by atoms with van der Waals surface area (Å²) in [5.41, 5.74) is -1.16. The van der Waals surface area contributed by atoms with E-state index >= 15 is 0 Å². The van der Waals surface area contributed by atoms with Gasteiger partial charge in [-0.05, 0) is 36.4 Å². The fourth-order valence-electron chi connectivity index (χ4n) is 3.14. The first-order valence-corrected chi connectivity index (χ1v) is 9.89. The minimum Gasteiger partial charge on any atom is -0.480 e. The molecule has 35 heavy (non-hydrogen) atoms. The summed E-state index contributed by atoms with van der Waals surface area (Å²) >= 11 is 0. The summed E-state index contributed by atoms with van der Waals surface area (Å²) in [7, 11) is 0. The van der Waals surface area contributed by atoms with Gasteiger partial charge < -0.3 is 15.0 Å². The predicted molar refractivity (Wildman–Crippen MR) is 116 cm³/mol. The standard InChI is InChI=1S/C22H15F3N6O4/c23-22(24,25)17-8-16(13-2-1-7-26-9-13)29-31(17)15-4-5-18(27-10-15)28-21(35)14-3-6-19(32)30(11-14)12-20(33)34/h1-11H,12H2,(H,33,34)(H,27,28,35). The molecule has 4 aromatic heterocycles. The van der Waals surface area contributed by atoms with E-state index in [2.05, 4.69) is 20.4 Å². The number of aliphatic carboxylic acids is 1. The highest BCUT2D eigenvalue weighted by atomic mass is 19.4. The zero-order valence-corrected chi connectivity index (χ0v) is 17.6. The van der Waals surface area contributed by atoms with Gasteiger partial charge in [-0.25, -0.2) is 9.67 Å². The van der Waals surface area contributed by atoms with Crippen molar-refractivity contribution in [3.63, 3.8) is 0 Å². The third-order valence-corrected chi connectivity index (χ3v) is 4.74. The van der Waals surface area contributed by atoms with Crippen LogP contribution in [0.15, 0.2) is 72.0 Å². The first-order valence-electron chi connectivity index (χ1n) is 9.89. The Balaban J connectivity index is 1.59. The number of nitrogens with one attached hydrogen (secondary N) is 1. The van der Waals surface area contributed by atoms with Crippen molar-refractivity contribution >= 4 is 17.7 Å². The van der Waals surface area contributed by atoms with Gasteiger partial charge in [0.25, 0.3) is 11.5 Å². The van der Waals surface area contributed by atoms with E-state index < -0.39 is 35.9 Å². The Morgan fingerprint density at radius 3 is 2.51 bits per heavy atom. The van der Waals surface area contributed by atoms with Gasteiger partial charge in [-0.2, -0.15) is 18.3 Å². The second-order valence-electron chi connectivity index (χ2n) is 7.20. The number of rotatable bonds is 6. The summed E-state index contributed by atoms with van der Waals surface area (Å²) in [5, 5.41) is 15.3. The summed E-state index contributed by atoms with van der Waals surface area (Å²) in [5.74, 6) is -1.94. The molecule has 0 spiro atoms. The van der Waals surface area contributed by atoms with E-state index in [9.17, 15) is 27.6 Å². The third kappa shape index (κ3) is 5.24. The van der Waals surface area contributed by atoms with Crippen LogP contribution in [0, 0.1) is 0 Å². The Morgan fingerprint density at radius 2 is 1.89 bits per heavy atom. The van der Waals surface area contributed by atoms with E-state index in [4.69, 9.17) is 5.11 Å². The van der Waals surface area contributed by atoms with Crippen molar-refractivity contribution in [1.29, 1.82) is 0 Å². The average molecular weight is 484 g/mol. The second kappa shape index (κ2) is 9.21. The lowest BCUT2D eigenvalue weighted by Crippen LogP contribution is -2.25. The van der Waals surface area contributed by atoms with Crippen molar-refractivity contribution in [2.45, 2.75) is 12.7 Å². The van der Waals surface area contributed by atoms with Crippen LogP contribution >= 0.6 is 0 Å². The van der Waals surface area contributed by atoms with E-state index in [1.165, 1.54) is 30.6 Å². The molecule has 0 atom stereocenters. The minimum atomic E-state index is -4.70. The van der Waals surface area contributed by atoms with Crippen LogP contribution in [0.3, 0.4) is 0 Å². The van der Waals surface area contributed by atoms with Crippen LogP contribution in [0.25, 0.3) is 16.9 Å². The fraction of sp³-hybridized carbons (Fsp3) is 0.0909. The Morgan fingerprint density at radius 1 is 1.09 bits per heavy atom. The van der Waals surface area contributed by atoms with E-state index in [0.717, 1.165) is 29.1 Å². The van der Waals surface area contributed by atoms with Crippen LogP contribution < -0.4 is 10.9 Å². The number of nitrogens with zero attached hydrogens (tertiary/aromatic N) is 5. The molecule has 0 bridgehead atoms. The highest BCUT2D eigenvalue weighted by molar-refractivity contribution is 6.03. The maximum absolute atomic E-state index is 13.6. The van der Waals surface area contributed by atoms with Crippen LogP contribution in [0.2, 0.25) is 0 Å². The molecule has 1 amide bonds. The maximum Gasteiger partial charge on any atom is 0.433 e. The molecule has 2 N–H and O–H groups in total. The number of aromatic nitrogens is 5. The summed E-state index contributed by atoms with van der Waals surface area (Å²) < 4.78 is 42.4. The zero-order chi connectivity index (χ0) is 25.2. The molecule has 0 aliphatic heterocycles. The van der Waals surface area contributed by atoms with E-state index in [1.54, 1.807) is 12.1 Å². The number of carboxylic acid groups (broad SMARTS) is 1. The molecule has 13 heteroatoms. The van der Waals surface area contributed by atoms with Crippen LogP contribution in [-0.2, 0) is 17.5 Å². The number of amides is 1. The summed E-state index contributed by atoms with van der Waals surface area (Å²) in [6, 6.07) is 8.90. The maximum atomic E-state index is 13.6. The van der Waals surface area contributed by atoms with Crippen LogP contribution in [0.4, 0.5) is 19.0 Å². The quantitative estimate of drug-likeness (QED) is 0.430. The third-order valence-electron chi connectivity index (χ3n) is 4.74. The lowest BCUT2D eigenvalue weighted by Gasteiger charge is -2.11. The SMILES string of the molecule is O=C(O)Cn1cc(C(=O)Nc2ccc(-n3nc(-c4cccnc4)cc3C(F)(F)F)cn2)ccc1=O. The van der Waals surface area contributed by atoms with E-state index in [1.807, 2.05) is 0 Å². The average Bonchev–Trinajstić information content (AvgIpc) is 3.27. The number of hydrogen-bond donors (Lipinski definition) is 2. The lowest BCUT2D eigenvalue weighted by atomic mass is 10.2. The van der Waals surface area contributed by atoms with Gasteiger partial charge in [-0.3, -0.25) is 19.4 Å². The summed E-state index contributed by atoms with van der Waals surface area (Å²) in [4.78, 5) is 42.9. The van der Waals surface area contributed by atoms with Gasteiger partial charge in [-0.15, -0.1) is 0 Å². The van der Waals surface area contributed by atoms with Gasteiger partial charge in [0.1, 0.15) is 18.1 Å². The predicted octanol–water partition coefficient (Wildman–Crippen LogP) is 2.85. The van der Waals surface area contributed by atoms with Crippen molar-refractivity contribution < 1.29 is 27.9 Å². The number of pyridine rings is 3. The molecule has 10 nitrogen and oxygen atoms in total. The minimum absolute atomic E-state index is 0.000437. The normalized spacial score (nSPS) is 11.3. The monoisotopic (exact) mass is 484 g/mol. The molecular weight excluding hydrogens is 469 g/mol.